The monoisotopic (exact) mass is 237 g/mol. The molecule has 0 fully saturated rings. The van der Waals surface area contributed by atoms with Gasteiger partial charge in [0.2, 0.25) is 5.88 Å². The van der Waals surface area contributed by atoms with Crippen molar-refractivity contribution < 1.29 is 4.74 Å². The number of aryl methyl sites for hydroxylation is 1. The number of nitrogens with zero attached hydrogens (tertiary/aromatic N) is 2. The highest BCUT2D eigenvalue weighted by Gasteiger charge is 2.07. The largest absolute Gasteiger partial charge is 0.475 e. The van der Waals surface area contributed by atoms with Gasteiger partial charge in [0.25, 0.3) is 0 Å². The van der Waals surface area contributed by atoms with Gasteiger partial charge in [0.1, 0.15) is 11.6 Å². The molecular weight excluding hydrogens is 214 g/mol. The number of aromatic nitrogens is 2. The molecule has 1 aromatic heterocycles. The highest BCUT2D eigenvalue weighted by Crippen LogP contribution is 2.16. The first-order valence-electron chi connectivity index (χ1n) is 6.41. The maximum Gasteiger partial charge on any atom is 0.218 e. The predicted octanol–water partition coefficient (Wildman–Crippen LogP) is 3.04. The van der Waals surface area contributed by atoms with Crippen molar-refractivity contribution in [3.05, 3.63) is 11.9 Å². The summed E-state index contributed by atoms with van der Waals surface area (Å²) in [4.78, 5) is 8.81. The number of ether oxygens (including phenoxy) is 1. The van der Waals surface area contributed by atoms with E-state index >= 15 is 0 Å². The van der Waals surface area contributed by atoms with E-state index < -0.39 is 0 Å². The Morgan fingerprint density at radius 2 is 2.06 bits per heavy atom. The first-order valence-corrected chi connectivity index (χ1v) is 6.41. The van der Waals surface area contributed by atoms with E-state index in [2.05, 4.69) is 36.1 Å². The van der Waals surface area contributed by atoms with Crippen LogP contribution in [0.3, 0.4) is 0 Å². The lowest BCUT2D eigenvalue weighted by molar-refractivity contribution is 0.200. The van der Waals surface area contributed by atoms with Gasteiger partial charge in [0.05, 0.1) is 6.10 Å². The van der Waals surface area contributed by atoms with Crippen LogP contribution in [0, 0.1) is 0 Å². The van der Waals surface area contributed by atoms with Crippen molar-refractivity contribution >= 4 is 5.82 Å². The van der Waals surface area contributed by atoms with E-state index in [4.69, 9.17) is 4.74 Å². The van der Waals surface area contributed by atoms with Crippen molar-refractivity contribution in [1.29, 1.82) is 0 Å². The first-order chi connectivity index (χ1) is 8.19. The third-order valence-corrected chi connectivity index (χ3v) is 2.50. The summed E-state index contributed by atoms with van der Waals surface area (Å²) in [5.74, 6) is 2.34. The summed E-state index contributed by atoms with van der Waals surface area (Å²) >= 11 is 0. The van der Waals surface area contributed by atoms with Crippen LogP contribution in [0.15, 0.2) is 6.07 Å². The molecule has 0 bridgehead atoms. The molecule has 96 valence electrons. The zero-order chi connectivity index (χ0) is 12.7. The van der Waals surface area contributed by atoms with Crippen LogP contribution in [0.25, 0.3) is 0 Å². The van der Waals surface area contributed by atoms with Crippen LogP contribution in [0.4, 0.5) is 5.82 Å². The second-order valence-corrected chi connectivity index (χ2v) is 4.22. The molecule has 0 saturated heterocycles. The second kappa shape index (κ2) is 7.09. The second-order valence-electron chi connectivity index (χ2n) is 4.22. The maximum absolute atomic E-state index is 5.79. The Hall–Kier alpha value is -1.32. The van der Waals surface area contributed by atoms with E-state index in [1.54, 1.807) is 0 Å². The number of hydrogen-bond acceptors (Lipinski definition) is 4. The number of anilines is 1. The van der Waals surface area contributed by atoms with Gasteiger partial charge in [-0.1, -0.05) is 20.3 Å². The summed E-state index contributed by atoms with van der Waals surface area (Å²) in [6.45, 7) is 6.35. The van der Waals surface area contributed by atoms with Crippen molar-refractivity contribution in [3.8, 4) is 5.88 Å². The molecule has 0 spiro atoms. The molecule has 1 atom stereocenters. The van der Waals surface area contributed by atoms with Crippen LogP contribution in [-0.2, 0) is 6.42 Å². The van der Waals surface area contributed by atoms with E-state index in [9.17, 15) is 0 Å². The van der Waals surface area contributed by atoms with Gasteiger partial charge in [-0.05, 0) is 19.8 Å². The van der Waals surface area contributed by atoms with Crippen LogP contribution in [0.1, 0.15) is 45.9 Å². The Morgan fingerprint density at radius 1 is 1.29 bits per heavy atom. The lowest BCUT2D eigenvalue weighted by Crippen LogP contribution is -2.13. The predicted molar refractivity (Wildman–Crippen MR) is 70.6 cm³/mol. The van der Waals surface area contributed by atoms with Gasteiger partial charge in [0.15, 0.2) is 0 Å². The van der Waals surface area contributed by atoms with Gasteiger partial charge in [-0.3, -0.25) is 0 Å². The third kappa shape index (κ3) is 4.59. The molecule has 0 radical (unpaired) electrons. The Kier molecular flexibility index (Phi) is 5.73. The van der Waals surface area contributed by atoms with Crippen LogP contribution >= 0.6 is 0 Å². The minimum Gasteiger partial charge on any atom is -0.475 e. The van der Waals surface area contributed by atoms with Crippen LogP contribution in [-0.4, -0.2) is 23.1 Å². The zero-order valence-corrected chi connectivity index (χ0v) is 11.3. The van der Waals surface area contributed by atoms with Crippen LogP contribution < -0.4 is 10.1 Å². The Morgan fingerprint density at radius 3 is 2.65 bits per heavy atom. The van der Waals surface area contributed by atoms with Gasteiger partial charge in [0, 0.05) is 19.5 Å². The molecule has 0 aliphatic carbocycles. The summed E-state index contributed by atoms with van der Waals surface area (Å²) < 4.78 is 5.79. The van der Waals surface area contributed by atoms with Crippen molar-refractivity contribution in [1.82, 2.24) is 9.97 Å². The molecule has 1 N–H and O–H groups in total. The van der Waals surface area contributed by atoms with Crippen molar-refractivity contribution in [3.63, 3.8) is 0 Å². The third-order valence-electron chi connectivity index (χ3n) is 2.50. The van der Waals surface area contributed by atoms with E-state index in [0.717, 1.165) is 37.3 Å². The van der Waals surface area contributed by atoms with Crippen LogP contribution in [0.2, 0.25) is 0 Å². The number of hydrogen-bond donors (Lipinski definition) is 1. The molecule has 4 nitrogen and oxygen atoms in total. The molecule has 1 aromatic rings. The molecule has 1 rings (SSSR count). The van der Waals surface area contributed by atoms with Crippen molar-refractivity contribution in [2.75, 3.05) is 12.4 Å². The van der Waals surface area contributed by atoms with Crippen molar-refractivity contribution in [2.24, 2.45) is 0 Å². The molecule has 0 aromatic carbocycles. The Labute approximate surface area is 104 Å². The highest BCUT2D eigenvalue weighted by molar-refractivity contribution is 5.37. The number of rotatable bonds is 7. The SMILES string of the molecule is CCCc1nc(NC)cc(OC(C)CCC)n1. The zero-order valence-electron chi connectivity index (χ0n) is 11.3. The van der Waals surface area contributed by atoms with E-state index in [0.29, 0.717) is 5.88 Å². The minimum absolute atomic E-state index is 0.203. The van der Waals surface area contributed by atoms with Gasteiger partial charge in [-0.2, -0.15) is 4.98 Å². The lowest BCUT2D eigenvalue weighted by Gasteiger charge is -2.14. The summed E-state index contributed by atoms with van der Waals surface area (Å²) in [5, 5.41) is 3.04. The molecule has 4 heteroatoms. The molecule has 0 aliphatic rings. The molecule has 0 aliphatic heterocycles. The maximum atomic E-state index is 5.79. The average molecular weight is 237 g/mol. The van der Waals surface area contributed by atoms with Gasteiger partial charge in [-0.25, -0.2) is 4.98 Å². The number of nitrogens with one attached hydrogen (secondary N) is 1. The Balaban J connectivity index is 2.79. The van der Waals surface area contributed by atoms with E-state index in [1.165, 1.54) is 0 Å². The lowest BCUT2D eigenvalue weighted by atomic mass is 10.2. The molecule has 1 heterocycles. The summed E-state index contributed by atoms with van der Waals surface area (Å²) in [7, 11) is 1.86. The first kappa shape index (κ1) is 13.7. The summed E-state index contributed by atoms with van der Waals surface area (Å²) in [6.07, 6.45) is 4.29. The fourth-order valence-corrected chi connectivity index (χ4v) is 1.67. The Bertz CT molecular complexity index is 341. The average Bonchev–Trinajstić information content (AvgIpc) is 2.29. The smallest absolute Gasteiger partial charge is 0.218 e. The quantitative estimate of drug-likeness (QED) is 0.791. The topological polar surface area (TPSA) is 47.0 Å². The fraction of sp³-hybridized carbons (Fsp3) is 0.692. The molecule has 0 amide bonds. The minimum atomic E-state index is 0.203. The molecular formula is C13H23N3O. The van der Waals surface area contributed by atoms with Crippen LogP contribution in [0.5, 0.6) is 5.88 Å². The van der Waals surface area contributed by atoms with Gasteiger partial charge >= 0.3 is 0 Å². The molecule has 0 saturated carbocycles. The standard InChI is InChI=1S/C13H23N3O/c1-5-7-10(3)17-13-9-12(14-4)15-11(16-13)8-6-2/h9-10H,5-8H2,1-4H3,(H,14,15,16). The summed E-state index contributed by atoms with van der Waals surface area (Å²) in [5.41, 5.74) is 0. The van der Waals surface area contributed by atoms with E-state index in [-0.39, 0.29) is 6.10 Å². The van der Waals surface area contributed by atoms with Gasteiger partial charge in [-0.15, -0.1) is 0 Å². The van der Waals surface area contributed by atoms with E-state index in [1.807, 2.05) is 13.1 Å². The summed E-state index contributed by atoms with van der Waals surface area (Å²) in [6, 6.07) is 1.85. The van der Waals surface area contributed by atoms with Gasteiger partial charge < -0.3 is 10.1 Å². The molecule has 1 unspecified atom stereocenters. The fourth-order valence-electron chi connectivity index (χ4n) is 1.67. The normalized spacial score (nSPS) is 12.2. The van der Waals surface area contributed by atoms with Crippen molar-refractivity contribution in [2.45, 2.75) is 52.6 Å². The highest BCUT2D eigenvalue weighted by atomic mass is 16.5. The molecule has 17 heavy (non-hydrogen) atoms.